The summed E-state index contributed by atoms with van der Waals surface area (Å²) in [7, 11) is -4.15. The van der Waals surface area contributed by atoms with E-state index >= 15 is 0 Å². The van der Waals surface area contributed by atoms with Crippen molar-refractivity contribution in [1.82, 2.24) is 4.31 Å². The molecule has 1 aliphatic heterocycles. The first-order valence-corrected chi connectivity index (χ1v) is 7.56. The fourth-order valence-electron chi connectivity index (χ4n) is 2.24. The SMILES string of the molecule is C[C@@H]1CN(S(=O)(=O)c2cc(N)cc(F)c2F)C[C@H](C)O1. The molecule has 0 aliphatic carbocycles. The second kappa shape index (κ2) is 5.27. The summed E-state index contributed by atoms with van der Waals surface area (Å²) in [4.78, 5) is -0.740. The molecule has 2 rings (SSSR count). The number of ether oxygens (including phenoxy) is 1. The maximum absolute atomic E-state index is 13.8. The summed E-state index contributed by atoms with van der Waals surface area (Å²) in [5.74, 6) is -2.69. The highest BCUT2D eigenvalue weighted by Crippen LogP contribution is 2.26. The van der Waals surface area contributed by atoms with Crippen LogP contribution in [0.3, 0.4) is 0 Å². The Kier molecular flexibility index (Phi) is 3.99. The molecule has 1 aromatic rings. The second-order valence-corrected chi connectivity index (χ2v) is 6.80. The first-order chi connectivity index (χ1) is 9.21. The van der Waals surface area contributed by atoms with Gasteiger partial charge in [0, 0.05) is 18.8 Å². The predicted octanol–water partition coefficient (Wildman–Crippen LogP) is 1.34. The van der Waals surface area contributed by atoms with Gasteiger partial charge in [-0.2, -0.15) is 4.31 Å². The molecule has 2 atom stereocenters. The average molecular weight is 306 g/mol. The summed E-state index contributed by atoms with van der Waals surface area (Å²) < 4.78 is 58.4. The molecule has 8 heteroatoms. The first kappa shape index (κ1) is 15.1. The summed E-state index contributed by atoms with van der Waals surface area (Å²) in [5, 5.41) is 0. The van der Waals surface area contributed by atoms with E-state index in [9.17, 15) is 17.2 Å². The Hall–Kier alpha value is -1.25. The molecule has 0 unspecified atom stereocenters. The lowest BCUT2D eigenvalue weighted by Crippen LogP contribution is -2.48. The maximum atomic E-state index is 13.8. The van der Waals surface area contributed by atoms with Crippen molar-refractivity contribution in [2.45, 2.75) is 31.0 Å². The summed E-state index contributed by atoms with van der Waals surface area (Å²) >= 11 is 0. The van der Waals surface area contributed by atoms with Crippen molar-refractivity contribution in [3.63, 3.8) is 0 Å². The molecule has 5 nitrogen and oxygen atoms in total. The van der Waals surface area contributed by atoms with Gasteiger partial charge in [0.25, 0.3) is 0 Å². The molecule has 1 aromatic carbocycles. The highest BCUT2D eigenvalue weighted by molar-refractivity contribution is 7.89. The van der Waals surface area contributed by atoms with Crippen LogP contribution in [0.15, 0.2) is 17.0 Å². The zero-order chi connectivity index (χ0) is 15.1. The van der Waals surface area contributed by atoms with Gasteiger partial charge in [0.15, 0.2) is 11.6 Å². The number of nitrogens with zero attached hydrogens (tertiary/aromatic N) is 1. The third-order valence-corrected chi connectivity index (χ3v) is 4.85. The molecule has 20 heavy (non-hydrogen) atoms. The van der Waals surface area contributed by atoms with Gasteiger partial charge in [-0.05, 0) is 26.0 Å². The Morgan fingerprint density at radius 3 is 2.35 bits per heavy atom. The Morgan fingerprint density at radius 1 is 1.25 bits per heavy atom. The van der Waals surface area contributed by atoms with Crippen LogP contribution in [0.4, 0.5) is 14.5 Å². The molecule has 0 amide bonds. The van der Waals surface area contributed by atoms with Gasteiger partial charge in [-0.1, -0.05) is 0 Å². The van der Waals surface area contributed by atoms with E-state index in [4.69, 9.17) is 10.5 Å². The number of nitrogens with two attached hydrogens (primary N) is 1. The van der Waals surface area contributed by atoms with Crippen LogP contribution in [0, 0.1) is 11.6 Å². The molecule has 2 N–H and O–H groups in total. The van der Waals surface area contributed by atoms with Crippen molar-refractivity contribution in [3.8, 4) is 0 Å². The predicted molar refractivity (Wildman–Crippen MR) is 69.5 cm³/mol. The van der Waals surface area contributed by atoms with Crippen LogP contribution in [-0.2, 0) is 14.8 Å². The maximum Gasteiger partial charge on any atom is 0.246 e. The second-order valence-electron chi connectivity index (χ2n) is 4.89. The summed E-state index contributed by atoms with van der Waals surface area (Å²) in [6.07, 6.45) is -0.634. The molecular weight excluding hydrogens is 290 g/mol. The number of nitrogen functional groups attached to an aromatic ring is 1. The van der Waals surface area contributed by atoms with Crippen LogP contribution in [0.2, 0.25) is 0 Å². The molecule has 1 saturated heterocycles. The van der Waals surface area contributed by atoms with E-state index in [1.165, 1.54) is 0 Å². The van der Waals surface area contributed by atoms with Crippen molar-refractivity contribution >= 4 is 15.7 Å². The molecule has 1 heterocycles. The Morgan fingerprint density at radius 2 is 1.80 bits per heavy atom. The lowest BCUT2D eigenvalue weighted by molar-refractivity contribution is -0.0441. The minimum Gasteiger partial charge on any atom is -0.399 e. The van der Waals surface area contributed by atoms with E-state index in [0.717, 1.165) is 16.4 Å². The number of benzene rings is 1. The number of anilines is 1. The smallest absolute Gasteiger partial charge is 0.246 e. The Bertz CT molecular complexity index is 611. The van der Waals surface area contributed by atoms with Crippen molar-refractivity contribution in [2.75, 3.05) is 18.8 Å². The van der Waals surface area contributed by atoms with E-state index in [-0.39, 0.29) is 31.0 Å². The quantitative estimate of drug-likeness (QED) is 0.837. The summed E-state index contributed by atoms with van der Waals surface area (Å²) in [5.41, 5.74) is 5.25. The standard InChI is InChI=1S/C12H16F2N2O3S/c1-7-5-16(6-8(2)19-7)20(17,18)11-4-9(15)3-10(13)12(11)14/h3-4,7-8H,5-6,15H2,1-2H3/t7-,8+. The Labute approximate surface area is 116 Å². The van der Waals surface area contributed by atoms with Gasteiger partial charge in [0.05, 0.1) is 12.2 Å². The van der Waals surface area contributed by atoms with E-state index < -0.39 is 26.6 Å². The summed E-state index contributed by atoms with van der Waals surface area (Å²) in [6, 6.07) is 1.68. The lowest BCUT2D eigenvalue weighted by atomic mass is 10.3. The van der Waals surface area contributed by atoms with E-state index in [2.05, 4.69) is 0 Å². The highest BCUT2D eigenvalue weighted by Gasteiger charge is 2.34. The van der Waals surface area contributed by atoms with Gasteiger partial charge in [0.2, 0.25) is 10.0 Å². The third-order valence-electron chi connectivity index (χ3n) is 3.02. The number of rotatable bonds is 2. The van der Waals surface area contributed by atoms with Gasteiger partial charge in [0.1, 0.15) is 4.90 Å². The molecule has 0 bridgehead atoms. The summed E-state index contributed by atoms with van der Waals surface area (Å²) in [6.45, 7) is 3.61. The minimum atomic E-state index is -4.15. The average Bonchev–Trinajstić information content (AvgIpc) is 2.32. The third kappa shape index (κ3) is 2.77. The molecule has 0 radical (unpaired) electrons. The van der Waals surface area contributed by atoms with Crippen LogP contribution < -0.4 is 5.73 Å². The fourth-order valence-corrected chi connectivity index (χ4v) is 3.94. The van der Waals surface area contributed by atoms with Gasteiger partial charge >= 0.3 is 0 Å². The van der Waals surface area contributed by atoms with Crippen LogP contribution in [-0.4, -0.2) is 38.0 Å². The molecule has 0 saturated carbocycles. The molecule has 0 spiro atoms. The topological polar surface area (TPSA) is 72.6 Å². The van der Waals surface area contributed by atoms with E-state index in [1.54, 1.807) is 13.8 Å². The molecule has 1 fully saturated rings. The zero-order valence-electron chi connectivity index (χ0n) is 11.1. The van der Waals surface area contributed by atoms with Crippen molar-refractivity contribution in [1.29, 1.82) is 0 Å². The zero-order valence-corrected chi connectivity index (χ0v) is 12.0. The minimum absolute atomic E-state index is 0.0858. The fraction of sp³-hybridized carbons (Fsp3) is 0.500. The van der Waals surface area contributed by atoms with Crippen LogP contribution in [0.5, 0.6) is 0 Å². The van der Waals surface area contributed by atoms with Crippen LogP contribution >= 0.6 is 0 Å². The van der Waals surface area contributed by atoms with E-state index in [0.29, 0.717) is 0 Å². The van der Waals surface area contributed by atoms with Gasteiger partial charge < -0.3 is 10.5 Å². The number of sulfonamides is 1. The normalized spacial score (nSPS) is 24.8. The lowest BCUT2D eigenvalue weighted by Gasteiger charge is -2.34. The first-order valence-electron chi connectivity index (χ1n) is 6.12. The highest BCUT2D eigenvalue weighted by atomic mass is 32.2. The number of halogens is 2. The van der Waals surface area contributed by atoms with Gasteiger partial charge in [-0.3, -0.25) is 0 Å². The van der Waals surface area contributed by atoms with Gasteiger partial charge in [-0.25, -0.2) is 17.2 Å². The van der Waals surface area contributed by atoms with Crippen molar-refractivity contribution < 1.29 is 21.9 Å². The number of hydrogen-bond acceptors (Lipinski definition) is 4. The van der Waals surface area contributed by atoms with Gasteiger partial charge in [-0.15, -0.1) is 0 Å². The van der Waals surface area contributed by atoms with Crippen molar-refractivity contribution in [2.24, 2.45) is 0 Å². The monoisotopic (exact) mass is 306 g/mol. The molecule has 1 aliphatic rings. The molecule has 112 valence electrons. The molecule has 0 aromatic heterocycles. The van der Waals surface area contributed by atoms with Crippen LogP contribution in [0.1, 0.15) is 13.8 Å². The largest absolute Gasteiger partial charge is 0.399 e. The van der Waals surface area contributed by atoms with E-state index in [1.807, 2.05) is 0 Å². The van der Waals surface area contributed by atoms with Crippen LogP contribution in [0.25, 0.3) is 0 Å². The Balaban J connectivity index is 2.45. The number of hydrogen-bond donors (Lipinski definition) is 1. The molecular formula is C12H16F2N2O3S. The van der Waals surface area contributed by atoms with Crippen molar-refractivity contribution in [3.05, 3.63) is 23.8 Å². The number of morpholine rings is 1.